The lowest BCUT2D eigenvalue weighted by molar-refractivity contribution is 0.183. The molecule has 0 bridgehead atoms. The van der Waals surface area contributed by atoms with Crippen LogP contribution in [0.2, 0.25) is 0 Å². The zero-order valence-electron chi connectivity index (χ0n) is 8.26. The molecule has 1 saturated heterocycles. The fourth-order valence-electron chi connectivity index (χ4n) is 2.13. The van der Waals surface area contributed by atoms with Gasteiger partial charge in [-0.2, -0.15) is 0 Å². The highest BCUT2D eigenvalue weighted by Crippen LogP contribution is 2.29. The van der Waals surface area contributed by atoms with Gasteiger partial charge >= 0.3 is 0 Å². The lowest BCUT2D eigenvalue weighted by atomic mass is 10.1. The lowest BCUT2D eigenvalue weighted by Crippen LogP contribution is -2.26. The second kappa shape index (κ2) is 4.53. The molecule has 2 heterocycles. The Balaban J connectivity index is 2.10. The molecule has 76 valence electrons. The van der Waals surface area contributed by atoms with E-state index in [2.05, 4.69) is 16.0 Å². The van der Waals surface area contributed by atoms with Gasteiger partial charge < -0.3 is 5.11 Å². The Bertz CT molecular complexity index is 276. The Labute approximate surface area is 84.4 Å². The number of rotatable bonds is 3. The predicted molar refractivity (Wildman–Crippen MR) is 54.9 cm³/mol. The van der Waals surface area contributed by atoms with Crippen molar-refractivity contribution in [3.8, 4) is 0 Å². The molecule has 1 aliphatic rings. The molecule has 3 heteroatoms. The minimum absolute atomic E-state index is 0.239. The molecule has 0 spiro atoms. The van der Waals surface area contributed by atoms with Crippen LogP contribution in [0.5, 0.6) is 0 Å². The van der Waals surface area contributed by atoms with Crippen molar-refractivity contribution < 1.29 is 5.11 Å². The monoisotopic (exact) mass is 192 g/mol. The number of aromatic nitrogens is 1. The van der Waals surface area contributed by atoms with Crippen molar-refractivity contribution in [1.29, 1.82) is 0 Å². The lowest BCUT2D eigenvalue weighted by Gasteiger charge is -2.22. The highest BCUT2D eigenvalue weighted by atomic mass is 16.3. The molecule has 2 rings (SSSR count). The Morgan fingerprint density at radius 1 is 1.50 bits per heavy atom. The van der Waals surface area contributed by atoms with Crippen molar-refractivity contribution in [2.24, 2.45) is 0 Å². The smallest absolute Gasteiger partial charge is 0.0575 e. The van der Waals surface area contributed by atoms with E-state index >= 15 is 0 Å². The van der Waals surface area contributed by atoms with Crippen molar-refractivity contribution in [3.63, 3.8) is 0 Å². The zero-order chi connectivity index (χ0) is 9.80. The summed E-state index contributed by atoms with van der Waals surface area (Å²) in [7, 11) is 0. The summed E-state index contributed by atoms with van der Waals surface area (Å²) in [5.41, 5.74) is 1.14. The standard InChI is InChI=1S/C11H16N2O/c14-9-8-13-7-3-5-11(13)10-4-1-2-6-12-10/h1-2,4,6,11,14H,3,5,7-9H2/t11-/m0/s1. The Morgan fingerprint density at radius 3 is 3.14 bits per heavy atom. The van der Waals surface area contributed by atoms with Crippen molar-refractivity contribution in [2.45, 2.75) is 18.9 Å². The van der Waals surface area contributed by atoms with Crippen LogP contribution in [0.1, 0.15) is 24.6 Å². The number of pyridine rings is 1. The van der Waals surface area contributed by atoms with Crippen LogP contribution in [0, 0.1) is 0 Å². The minimum Gasteiger partial charge on any atom is -0.395 e. The number of likely N-dealkylation sites (tertiary alicyclic amines) is 1. The van der Waals surface area contributed by atoms with E-state index in [9.17, 15) is 0 Å². The predicted octanol–water partition coefficient (Wildman–Crippen LogP) is 1.21. The minimum atomic E-state index is 0.239. The number of nitrogens with zero attached hydrogens (tertiary/aromatic N) is 2. The summed E-state index contributed by atoms with van der Waals surface area (Å²) < 4.78 is 0. The van der Waals surface area contributed by atoms with E-state index in [4.69, 9.17) is 5.11 Å². The number of hydrogen-bond donors (Lipinski definition) is 1. The first-order chi connectivity index (χ1) is 6.92. The molecule has 14 heavy (non-hydrogen) atoms. The van der Waals surface area contributed by atoms with Gasteiger partial charge in [-0.3, -0.25) is 9.88 Å². The molecule has 1 aromatic heterocycles. The van der Waals surface area contributed by atoms with Crippen LogP contribution in [-0.4, -0.2) is 34.7 Å². The molecular weight excluding hydrogens is 176 g/mol. The first kappa shape index (κ1) is 9.62. The molecule has 0 aromatic carbocycles. The van der Waals surface area contributed by atoms with Gasteiger partial charge in [-0.15, -0.1) is 0 Å². The molecule has 3 nitrogen and oxygen atoms in total. The first-order valence-corrected chi connectivity index (χ1v) is 5.17. The summed E-state index contributed by atoms with van der Waals surface area (Å²) in [5, 5.41) is 8.93. The maximum absolute atomic E-state index is 8.93. The third kappa shape index (κ3) is 1.94. The molecule has 1 aliphatic heterocycles. The molecule has 0 aliphatic carbocycles. The molecule has 1 atom stereocenters. The van der Waals surface area contributed by atoms with Gasteiger partial charge in [0.2, 0.25) is 0 Å². The van der Waals surface area contributed by atoms with Crippen LogP contribution in [0.15, 0.2) is 24.4 Å². The normalized spacial score (nSPS) is 22.8. The van der Waals surface area contributed by atoms with Gasteiger partial charge in [0.25, 0.3) is 0 Å². The van der Waals surface area contributed by atoms with Crippen molar-refractivity contribution in [3.05, 3.63) is 30.1 Å². The summed E-state index contributed by atoms with van der Waals surface area (Å²) in [6.45, 7) is 2.09. The third-order valence-electron chi connectivity index (χ3n) is 2.78. The number of hydrogen-bond acceptors (Lipinski definition) is 3. The van der Waals surface area contributed by atoms with Gasteiger partial charge in [-0.25, -0.2) is 0 Å². The van der Waals surface area contributed by atoms with E-state index in [0.29, 0.717) is 6.04 Å². The highest BCUT2D eigenvalue weighted by Gasteiger charge is 2.25. The summed E-state index contributed by atoms with van der Waals surface area (Å²) in [4.78, 5) is 6.68. The van der Waals surface area contributed by atoms with Gasteiger partial charge in [-0.1, -0.05) is 6.07 Å². The van der Waals surface area contributed by atoms with E-state index in [1.165, 1.54) is 6.42 Å². The molecule has 1 fully saturated rings. The molecule has 1 aromatic rings. The van der Waals surface area contributed by atoms with E-state index in [1.807, 2.05) is 18.3 Å². The molecule has 0 amide bonds. The van der Waals surface area contributed by atoms with Crippen molar-refractivity contribution in [2.75, 3.05) is 19.7 Å². The summed E-state index contributed by atoms with van der Waals surface area (Å²) in [5.74, 6) is 0. The number of aliphatic hydroxyl groups excluding tert-OH is 1. The zero-order valence-corrected chi connectivity index (χ0v) is 8.26. The van der Waals surface area contributed by atoms with E-state index in [0.717, 1.165) is 25.2 Å². The molecule has 1 N–H and O–H groups in total. The van der Waals surface area contributed by atoms with E-state index in [-0.39, 0.29) is 6.61 Å². The van der Waals surface area contributed by atoms with Crippen molar-refractivity contribution >= 4 is 0 Å². The number of β-amino-alcohol motifs (C(OH)–C–C–N with tert-alkyl or cyclic N) is 1. The van der Waals surface area contributed by atoms with E-state index in [1.54, 1.807) is 0 Å². The second-order valence-electron chi connectivity index (χ2n) is 3.67. The highest BCUT2D eigenvalue weighted by molar-refractivity contribution is 5.10. The van der Waals surface area contributed by atoms with Crippen molar-refractivity contribution in [1.82, 2.24) is 9.88 Å². The van der Waals surface area contributed by atoms with Gasteiger partial charge in [0.1, 0.15) is 0 Å². The van der Waals surface area contributed by atoms with Crippen LogP contribution in [0.3, 0.4) is 0 Å². The van der Waals surface area contributed by atoms with Crippen LogP contribution in [-0.2, 0) is 0 Å². The number of aliphatic hydroxyl groups is 1. The van der Waals surface area contributed by atoms with E-state index < -0.39 is 0 Å². The fraction of sp³-hybridized carbons (Fsp3) is 0.545. The summed E-state index contributed by atoms with van der Waals surface area (Å²) in [6.07, 6.45) is 4.21. The maximum atomic E-state index is 8.93. The Kier molecular flexibility index (Phi) is 3.11. The molecular formula is C11H16N2O. The Hall–Kier alpha value is -0.930. The largest absolute Gasteiger partial charge is 0.395 e. The molecule has 0 radical (unpaired) electrons. The molecule has 0 saturated carbocycles. The molecule has 0 unspecified atom stereocenters. The Morgan fingerprint density at radius 2 is 2.43 bits per heavy atom. The third-order valence-corrected chi connectivity index (χ3v) is 2.78. The van der Waals surface area contributed by atoms with Gasteiger partial charge in [0, 0.05) is 12.7 Å². The SMILES string of the molecule is OCCN1CCC[C@H]1c1ccccn1. The summed E-state index contributed by atoms with van der Waals surface area (Å²) in [6, 6.07) is 6.45. The van der Waals surface area contributed by atoms with Gasteiger partial charge in [0.05, 0.1) is 18.3 Å². The fourth-order valence-corrected chi connectivity index (χ4v) is 2.13. The quantitative estimate of drug-likeness (QED) is 0.782. The maximum Gasteiger partial charge on any atom is 0.0575 e. The topological polar surface area (TPSA) is 36.4 Å². The summed E-state index contributed by atoms with van der Waals surface area (Å²) >= 11 is 0. The van der Waals surface area contributed by atoms with Gasteiger partial charge in [0.15, 0.2) is 0 Å². The van der Waals surface area contributed by atoms with Crippen LogP contribution >= 0.6 is 0 Å². The van der Waals surface area contributed by atoms with Crippen LogP contribution in [0.25, 0.3) is 0 Å². The first-order valence-electron chi connectivity index (χ1n) is 5.17. The second-order valence-corrected chi connectivity index (χ2v) is 3.67. The van der Waals surface area contributed by atoms with Gasteiger partial charge in [-0.05, 0) is 31.5 Å². The van der Waals surface area contributed by atoms with Crippen LogP contribution in [0.4, 0.5) is 0 Å². The van der Waals surface area contributed by atoms with Crippen LogP contribution < -0.4 is 0 Å². The average Bonchev–Trinajstić information content (AvgIpc) is 2.68. The average molecular weight is 192 g/mol.